The third kappa shape index (κ3) is 5.97. The molecule has 1 saturated heterocycles. The molecule has 166 valence electrons. The molecule has 1 aromatic rings. The van der Waals surface area contributed by atoms with E-state index in [4.69, 9.17) is 9.47 Å². The molecule has 0 atom stereocenters. The molecule has 0 N–H and O–H groups in total. The van der Waals surface area contributed by atoms with E-state index in [0.29, 0.717) is 5.75 Å². The lowest BCUT2D eigenvalue weighted by Crippen LogP contribution is -2.50. The predicted molar refractivity (Wildman–Crippen MR) is 112 cm³/mol. The quantitative estimate of drug-likeness (QED) is 0.430. The van der Waals surface area contributed by atoms with Gasteiger partial charge < -0.3 is 9.47 Å². The van der Waals surface area contributed by atoms with Crippen molar-refractivity contribution in [2.24, 2.45) is 5.41 Å². The molecule has 1 aliphatic heterocycles. The first-order chi connectivity index (χ1) is 14.0. The highest BCUT2D eigenvalue weighted by atomic mass is 32.2. The summed E-state index contributed by atoms with van der Waals surface area (Å²) in [6, 6.07) is 5.92. The van der Waals surface area contributed by atoms with E-state index < -0.39 is 37.0 Å². The summed E-state index contributed by atoms with van der Waals surface area (Å²) in [5, 5.41) is 0. The maximum Gasteiger partial charge on any atom is 0.313 e. The SMILES string of the molecule is CC#CCOc1ccc(S(=O)(=O)CC2(C(=O)OCC)CCN(S(C)(=O)=O)CC2)cc1. The van der Waals surface area contributed by atoms with Crippen LogP contribution in [-0.2, 0) is 29.4 Å². The molecule has 0 aliphatic carbocycles. The van der Waals surface area contributed by atoms with Crippen molar-refractivity contribution >= 4 is 25.8 Å². The summed E-state index contributed by atoms with van der Waals surface area (Å²) in [5.74, 6) is 4.88. The topological polar surface area (TPSA) is 107 Å². The molecule has 1 fully saturated rings. The Labute approximate surface area is 178 Å². The summed E-state index contributed by atoms with van der Waals surface area (Å²) < 4.78 is 61.5. The van der Waals surface area contributed by atoms with Crippen LogP contribution in [0.25, 0.3) is 0 Å². The van der Waals surface area contributed by atoms with E-state index in [9.17, 15) is 21.6 Å². The summed E-state index contributed by atoms with van der Waals surface area (Å²) in [4.78, 5) is 12.8. The van der Waals surface area contributed by atoms with Crippen molar-refractivity contribution in [3.8, 4) is 17.6 Å². The summed E-state index contributed by atoms with van der Waals surface area (Å²) in [5.41, 5.74) is -1.29. The van der Waals surface area contributed by atoms with Gasteiger partial charge in [0.05, 0.1) is 28.9 Å². The molecule has 0 saturated carbocycles. The fourth-order valence-corrected chi connectivity index (χ4v) is 6.02. The number of carbonyl (C=O) groups is 1. The number of carbonyl (C=O) groups excluding carboxylic acids is 1. The Hall–Kier alpha value is -2.09. The highest BCUT2D eigenvalue weighted by Crippen LogP contribution is 2.37. The molecule has 0 aromatic heterocycles. The number of sulfone groups is 1. The molecule has 0 bridgehead atoms. The first-order valence-corrected chi connectivity index (χ1v) is 13.0. The van der Waals surface area contributed by atoms with Gasteiger partial charge in [-0.3, -0.25) is 4.79 Å². The average molecular weight is 458 g/mol. The Morgan fingerprint density at radius 1 is 1.13 bits per heavy atom. The van der Waals surface area contributed by atoms with Gasteiger partial charge in [0, 0.05) is 13.1 Å². The molecule has 1 aromatic carbocycles. The summed E-state index contributed by atoms with van der Waals surface area (Å²) >= 11 is 0. The second-order valence-corrected chi connectivity index (χ2v) is 11.1. The van der Waals surface area contributed by atoms with Gasteiger partial charge in [-0.1, -0.05) is 5.92 Å². The van der Waals surface area contributed by atoms with E-state index in [0.717, 1.165) is 6.26 Å². The first-order valence-electron chi connectivity index (χ1n) is 9.52. The van der Waals surface area contributed by atoms with Gasteiger partial charge in [-0.2, -0.15) is 0 Å². The second kappa shape index (κ2) is 9.81. The molecule has 10 heteroatoms. The van der Waals surface area contributed by atoms with Gasteiger partial charge in [0.15, 0.2) is 9.84 Å². The summed E-state index contributed by atoms with van der Waals surface area (Å²) in [6.07, 6.45) is 1.25. The first kappa shape index (κ1) is 24.2. The molecular formula is C20H27NO7S2. The van der Waals surface area contributed by atoms with E-state index in [1.807, 2.05) is 0 Å². The van der Waals surface area contributed by atoms with E-state index in [-0.39, 0.29) is 44.0 Å². The van der Waals surface area contributed by atoms with Crippen molar-refractivity contribution in [2.45, 2.75) is 31.6 Å². The molecule has 0 radical (unpaired) electrons. The van der Waals surface area contributed by atoms with E-state index in [2.05, 4.69) is 11.8 Å². The second-order valence-electron chi connectivity index (χ2n) is 7.11. The number of hydrogen-bond acceptors (Lipinski definition) is 7. The van der Waals surface area contributed by atoms with Crippen LogP contribution in [0.2, 0.25) is 0 Å². The molecule has 1 aliphatic rings. The molecule has 0 unspecified atom stereocenters. The molecule has 1 heterocycles. The lowest BCUT2D eigenvalue weighted by atomic mass is 9.81. The monoisotopic (exact) mass is 457 g/mol. The van der Waals surface area contributed by atoms with Crippen LogP contribution in [0.1, 0.15) is 26.7 Å². The third-order valence-electron chi connectivity index (χ3n) is 4.99. The Kier molecular flexibility index (Phi) is 7.91. The van der Waals surface area contributed by atoms with Crippen LogP contribution in [0.3, 0.4) is 0 Å². The zero-order valence-corrected chi connectivity index (χ0v) is 19.0. The van der Waals surface area contributed by atoms with Crippen LogP contribution in [-0.4, -0.2) is 65.4 Å². The number of piperidine rings is 1. The number of nitrogens with zero attached hydrogens (tertiary/aromatic N) is 1. The highest BCUT2D eigenvalue weighted by molar-refractivity contribution is 7.91. The number of ether oxygens (including phenoxy) is 2. The lowest BCUT2D eigenvalue weighted by molar-refractivity contribution is -0.156. The van der Waals surface area contributed by atoms with Crippen molar-refractivity contribution in [3.63, 3.8) is 0 Å². The average Bonchev–Trinajstić information content (AvgIpc) is 2.68. The van der Waals surface area contributed by atoms with Crippen LogP contribution >= 0.6 is 0 Å². The van der Waals surface area contributed by atoms with E-state index in [1.165, 1.54) is 28.6 Å². The smallest absolute Gasteiger partial charge is 0.313 e. The van der Waals surface area contributed by atoms with Crippen LogP contribution in [0, 0.1) is 17.3 Å². The fourth-order valence-electron chi connectivity index (χ4n) is 3.32. The van der Waals surface area contributed by atoms with Gasteiger partial charge >= 0.3 is 5.97 Å². The number of hydrogen-bond donors (Lipinski definition) is 0. The maximum absolute atomic E-state index is 13.1. The zero-order chi connectivity index (χ0) is 22.4. The van der Waals surface area contributed by atoms with Crippen molar-refractivity contribution in [1.29, 1.82) is 0 Å². The zero-order valence-electron chi connectivity index (χ0n) is 17.4. The largest absolute Gasteiger partial charge is 0.481 e. The molecule has 30 heavy (non-hydrogen) atoms. The molecule has 0 spiro atoms. The third-order valence-corrected chi connectivity index (χ3v) is 8.22. The van der Waals surface area contributed by atoms with Crippen molar-refractivity contribution in [1.82, 2.24) is 4.31 Å². The standard InChI is InChI=1S/C20H27NO7S2/c1-4-6-15-28-17-7-9-18(10-8-17)30(25,26)16-20(19(22)27-5-2)11-13-21(14-12-20)29(3,23)24/h7-10H,5,11-16H2,1-3H3. The molecule has 8 nitrogen and oxygen atoms in total. The minimum Gasteiger partial charge on any atom is -0.481 e. The minimum atomic E-state index is -3.83. The van der Waals surface area contributed by atoms with Crippen LogP contribution in [0.15, 0.2) is 29.2 Å². The Morgan fingerprint density at radius 3 is 2.23 bits per heavy atom. The number of rotatable bonds is 8. The molecule has 2 rings (SSSR count). The maximum atomic E-state index is 13.1. The highest BCUT2D eigenvalue weighted by Gasteiger charge is 2.47. The fraction of sp³-hybridized carbons (Fsp3) is 0.550. The van der Waals surface area contributed by atoms with E-state index >= 15 is 0 Å². The van der Waals surface area contributed by atoms with Crippen LogP contribution in [0.5, 0.6) is 5.75 Å². The van der Waals surface area contributed by atoms with Gasteiger partial charge in [0.1, 0.15) is 12.4 Å². The number of sulfonamides is 1. The predicted octanol–water partition coefficient (Wildman–Crippen LogP) is 1.47. The van der Waals surface area contributed by atoms with Crippen LogP contribution in [0.4, 0.5) is 0 Å². The van der Waals surface area contributed by atoms with E-state index in [1.54, 1.807) is 13.8 Å². The number of benzene rings is 1. The number of esters is 1. The Morgan fingerprint density at radius 2 is 1.73 bits per heavy atom. The lowest BCUT2D eigenvalue weighted by Gasteiger charge is -2.38. The summed E-state index contributed by atoms with van der Waals surface area (Å²) in [6.45, 7) is 3.79. The van der Waals surface area contributed by atoms with Gasteiger partial charge in [0.25, 0.3) is 0 Å². The van der Waals surface area contributed by atoms with Gasteiger partial charge in [0.2, 0.25) is 10.0 Å². The van der Waals surface area contributed by atoms with Gasteiger partial charge in [-0.25, -0.2) is 21.1 Å². The summed E-state index contributed by atoms with van der Waals surface area (Å²) in [7, 11) is -7.24. The van der Waals surface area contributed by atoms with Crippen molar-refractivity contribution in [2.75, 3.05) is 38.3 Å². The normalized spacial score (nSPS) is 16.9. The van der Waals surface area contributed by atoms with Crippen LogP contribution < -0.4 is 4.74 Å². The Balaban J connectivity index is 2.24. The van der Waals surface area contributed by atoms with Crippen molar-refractivity contribution in [3.05, 3.63) is 24.3 Å². The Bertz CT molecular complexity index is 1010. The molecular weight excluding hydrogens is 430 g/mol. The molecule has 0 amide bonds. The van der Waals surface area contributed by atoms with Gasteiger partial charge in [-0.05, 0) is 51.0 Å². The van der Waals surface area contributed by atoms with Gasteiger partial charge in [-0.15, -0.1) is 5.92 Å². The minimum absolute atomic E-state index is 0.0608. The van der Waals surface area contributed by atoms with Crippen molar-refractivity contribution < 1.29 is 31.1 Å².